The zero-order chi connectivity index (χ0) is 12.7. The molecule has 3 rings (SSSR count). The molecule has 96 valence electrons. The van der Waals surface area contributed by atoms with Crippen molar-refractivity contribution < 1.29 is 4.79 Å². The fourth-order valence-corrected chi connectivity index (χ4v) is 3.42. The Balaban J connectivity index is 1.70. The van der Waals surface area contributed by atoms with E-state index in [2.05, 4.69) is 25.2 Å². The number of rotatable bonds is 1. The molecule has 0 radical (unpaired) electrons. The summed E-state index contributed by atoms with van der Waals surface area (Å²) in [7, 11) is 0. The lowest BCUT2D eigenvalue weighted by molar-refractivity contribution is 0.194. The van der Waals surface area contributed by atoms with E-state index in [-0.39, 0.29) is 6.03 Å². The number of aryl methyl sites for hydroxylation is 2. The normalized spacial score (nSPS) is 25.6. The maximum Gasteiger partial charge on any atom is 0.322 e. The second kappa shape index (κ2) is 4.30. The van der Waals surface area contributed by atoms with Crippen molar-refractivity contribution in [3.05, 3.63) is 29.3 Å². The van der Waals surface area contributed by atoms with Gasteiger partial charge in [-0.25, -0.2) is 4.79 Å². The van der Waals surface area contributed by atoms with Gasteiger partial charge in [0.05, 0.1) is 0 Å². The minimum Gasteiger partial charge on any atom is -0.321 e. The average molecular weight is 244 g/mol. The van der Waals surface area contributed by atoms with Crippen molar-refractivity contribution in [2.45, 2.75) is 39.2 Å². The van der Waals surface area contributed by atoms with Crippen LogP contribution in [0.5, 0.6) is 0 Å². The summed E-state index contributed by atoms with van der Waals surface area (Å²) in [6.07, 6.45) is 3.70. The van der Waals surface area contributed by atoms with Crippen molar-refractivity contribution in [3.63, 3.8) is 0 Å². The van der Waals surface area contributed by atoms with Crippen LogP contribution in [0.25, 0.3) is 0 Å². The standard InChI is InChI=1S/C15H20N2O/c1-10-5-11(2)7-13(6-10)16-15(18)17-9-12-3-4-14(17)8-12/h5-7,12,14H,3-4,8-9H2,1-2H3,(H,16,18)/t12-,14-/m0/s1. The van der Waals surface area contributed by atoms with Crippen LogP contribution >= 0.6 is 0 Å². The predicted octanol–water partition coefficient (Wildman–Crippen LogP) is 3.32. The first kappa shape index (κ1) is 11.6. The molecule has 2 bridgehead atoms. The topological polar surface area (TPSA) is 32.3 Å². The number of anilines is 1. The van der Waals surface area contributed by atoms with Crippen molar-refractivity contribution >= 4 is 11.7 Å². The summed E-state index contributed by atoms with van der Waals surface area (Å²) in [6, 6.07) is 6.74. The van der Waals surface area contributed by atoms with Gasteiger partial charge in [-0.3, -0.25) is 0 Å². The van der Waals surface area contributed by atoms with Crippen LogP contribution in [0.3, 0.4) is 0 Å². The summed E-state index contributed by atoms with van der Waals surface area (Å²) in [5, 5.41) is 3.04. The van der Waals surface area contributed by atoms with Crippen LogP contribution in [0.1, 0.15) is 30.4 Å². The number of benzene rings is 1. The summed E-state index contributed by atoms with van der Waals surface area (Å²) in [5.41, 5.74) is 3.29. The zero-order valence-corrected chi connectivity index (χ0v) is 11.1. The summed E-state index contributed by atoms with van der Waals surface area (Å²) < 4.78 is 0. The first-order valence-corrected chi connectivity index (χ1v) is 6.78. The maximum atomic E-state index is 12.2. The summed E-state index contributed by atoms with van der Waals surface area (Å²) in [6.45, 7) is 5.06. The van der Waals surface area contributed by atoms with E-state index in [1.807, 2.05) is 17.0 Å². The molecule has 1 aliphatic heterocycles. The number of hydrogen-bond donors (Lipinski definition) is 1. The molecule has 1 aromatic rings. The van der Waals surface area contributed by atoms with Crippen LogP contribution < -0.4 is 5.32 Å². The van der Waals surface area contributed by atoms with Gasteiger partial charge in [-0.1, -0.05) is 6.07 Å². The van der Waals surface area contributed by atoms with Gasteiger partial charge in [0.15, 0.2) is 0 Å². The highest BCUT2D eigenvalue weighted by Gasteiger charge is 2.40. The van der Waals surface area contributed by atoms with Gasteiger partial charge in [-0.05, 0) is 62.3 Å². The second-order valence-electron chi connectivity index (χ2n) is 5.79. The van der Waals surface area contributed by atoms with Gasteiger partial charge in [-0.2, -0.15) is 0 Å². The second-order valence-corrected chi connectivity index (χ2v) is 5.79. The van der Waals surface area contributed by atoms with Gasteiger partial charge in [-0.15, -0.1) is 0 Å². The third-order valence-electron chi connectivity index (χ3n) is 4.14. The van der Waals surface area contributed by atoms with Gasteiger partial charge in [0.1, 0.15) is 0 Å². The van der Waals surface area contributed by atoms with E-state index in [4.69, 9.17) is 0 Å². The van der Waals surface area contributed by atoms with E-state index in [9.17, 15) is 4.79 Å². The number of hydrogen-bond acceptors (Lipinski definition) is 1. The lowest BCUT2D eigenvalue weighted by Gasteiger charge is -2.27. The number of amides is 2. The Morgan fingerprint density at radius 3 is 2.50 bits per heavy atom. The molecule has 2 fully saturated rings. The SMILES string of the molecule is Cc1cc(C)cc(NC(=O)N2C[C@H]3CC[C@H]2C3)c1. The van der Waals surface area contributed by atoms with E-state index in [1.54, 1.807) is 0 Å². The first-order chi connectivity index (χ1) is 8.61. The molecule has 0 aromatic heterocycles. The third-order valence-corrected chi connectivity index (χ3v) is 4.14. The quantitative estimate of drug-likeness (QED) is 0.807. The van der Waals surface area contributed by atoms with E-state index in [0.717, 1.165) is 18.2 Å². The zero-order valence-electron chi connectivity index (χ0n) is 11.1. The van der Waals surface area contributed by atoms with Crippen molar-refractivity contribution in [1.82, 2.24) is 4.90 Å². The molecule has 2 atom stereocenters. The molecule has 1 saturated carbocycles. The van der Waals surface area contributed by atoms with Crippen LogP contribution in [0.15, 0.2) is 18.2 Å². The van der Waals surface area contributed by atoms with Gasteiger partial charge in [0, 0.05) is 18.3 Å². The Kier molecular flexibility index (Phi) is 2.77. The number of carbonyl (C=O) groups excluding carboxylic acids is 1. The Hall–Kier alpha value is -1.51. The molecular formula is C15H20N2O. The van der Waals surface area contributed by atoms with Crippen molar-refractivity contribution in [2.24, 2.45) is 5.92 Å². The molecule has 1 heterocycles. The number of nitrogens with one attached hydrogen (secondary N) is 1. The number of piperidine rings is 1. The van der Waals surface area contributed by atoms with Crippen LogP contribution in [0.2, 0.25) is 0 Å². The van der Waals surface area contributed by atoms with E-state index in [1.165, 1.54) is 30.4 Å². The fourth-order valence-electron chi connectivity index (χ4n) is 3.42. The molecular weight excluding hydrogens is 224 g/mol. The van der Waals surface area contributed by atoms with Gasteiger partial charge in [0.2, 0.25) is 0 Å². The lowest BCUT2D eigenvalue weighted by Crippen LogP contribution is -2.40. The predicted molar refractivity (Wildman–Crippen MR) is 72.8 cm³/mol. The van der Waals surface area contributed by atoms with Gasteiger partial charge < -0.3 is 10.2 Å². The smallest absolute Gasteiger partial charge is 0.321 e. The number of likely N-dealkylation sites (tertiary alicyclic amines) is 1. The van der Waals surface area contributed by atoms with Gasteiger partial charge in [0.25, 0.3) is 0 Å². The molecule has 18 heavy (non-hydrogen) atoms. The van der Waals surface area contributed by atoms with E-state index in [0.29, 0.717) is 6.04 Å². The highest BCUT2D eigenvalue weighted by molar-refractivity contribution is 5.90. The third kappa shape index (κ3) is 2.09. The molecule has 3 nitrogen and oxygen atoms in total. The summed E-state index contributed by atoms with van der Waals surface area (Å²) >= 11 is 0. The molecule has 1 aromatic carbocycles. The number of urea groups is 1. The number of nitrogens with zero attached hydrogens (tertiary/aromatic N) is 1. The fraction of sp³-hybridized carbons (Fsp3) is 0.533. The highest BCUT2D eigenvalue weighted by Crippen LogP contribution is 2.37. The molecule has 2 aliphatic rings. The van der Waals surface area contributed by atoms with Crippen LogP contribution in [-0.4, -0.2) is 23.5 Å². The molecule has 3 heteroatoms. The Bertz CT molecular complexity index is 463. The van der Waals surface area contributed by atoms with Crippen LogP contribution in [0.4, 0.5) is 10.5 Å². The molecule has 1 N–H and O–H groups in total. The minimum atomic E-state index is 0.0761. The summed E-state index contributed by atoms with van der Waals surface area (Å²) in [5.74, 6) is 0.750. The average Bonchev–Trinajstić information content (AvgIpc) is 2.88. The van der Waals surface area contributed by atoms with Crippen LogP contribution in [-0.2, 0) is 0 Å². The van der Waals surface area contributed by atoms with E-state index < -0.39 is 0 Å². The monoisotopic (exact) mass is 244 g/mol. The minimum absolute atomic E-state index is 0.0761. The molecule has 0 spiro atoms. The van der Waals surface area contributed by atoms with Crippen molar-refractivity contribution in [3.8, 4) is 0 Å². The first-order valence-electron chi connectivity index (χ1n) is 6.78. The largest absolute Gasteiger partial charge is 0.322 e. The number of fused-ring (bicyclic) bond motifs is 2. The Morgan fingerprint density at radius 2 is 1.94 bits per heavy atom. The van der Waals surface area contributed by atoms with Crippen molar-refractivity contribution in [1.29, 1.82) is 0 Å². The van der Waals surface area contributed by atoms with Crippen molar-refractivity contribution in [2.75, 3.05) is 11.9 Å². The molecule has 1 aliphatic carbocycles. The highest BCUT2D eigenvalue weighted by atomic mass is 16.2. The summed E-state index contributed by atoms with van der Waals surface area (Å²) in [4.78, 5) is 14.3. The van der Waals surface area contributed by atoms with Gasteiger partial charge >= 0.3 is 6.03 Å². The molecule has 1 saturated heterocycles. The molecule has 0 unspecified atom stereocenters. The number of carbonyl (C=O) groups is 1. The lowest BCUT2D eigenvalue weighted by atomic mass is 10.1. The van der Waals surface area contributed by atoms with E-state index >= 15 is 0 Å². The maximum absolute atomic E-state index is 12.2. The Morgan fingerprint density at radius 1 is 1.22 bits per heavy atom. The molecule has 2 amide bonds. The Labute approximate surface area is 108 Å². The van der Waals surface area contributed by atoms with Crippen LogP contribution in [0, 0.1) is 19.8 Å².